The molecule has 0 spiro atoms. The zero-order valence-corrected chi connectivity index (χ0v) is 14.7. The van der Waals surface area contributed by atoms with Gasteiger partial charge in [0.15, 0.2) is 0 Å². The van der Waals surface area contributed by atoms with Crippen LogP contribution in [0.4, 0.5) is 4.39 Å². The maximum Gasteiger partial charge on any atom is 0.134 e. The average Bonchev–Trinajstić information content (AvgIpc) is 2.63. The van der Waals surface area contributed by atoms with Crippen molar-refractivity contribution in [2.24, 2.45) is 0 Å². The quantitative estimate of drug-likeness (QED) is 0.579. The maximum absolute atomic E-state index is 14.0. The SMILES string of the molecule is CCCCCC1=CCC(c2ccc(-c3ccc(O)cc3F)cc2)C=C1. The fourth-order valence-corrected chi connectivity index (χ4v) is 3.32. The Balaban J connectivity index is 1.67. The summed E-state index contributed by atoms with van der Waals surface area (Å²) in [6.45, 7) is 2.23. The van der Waals surface area contributed by atoms with E-state index in [9.17, 15) is 9.50 Å². The molecule has 3 rings (SSSR count). The third-order valence-electron chi connectivity index (χ3n) is 4.85. The fraction of sp³-hybridized carbons (Fsp3) is 0.304. The van der Waals surface area contributed by atoms with Crippen LogP contribution in [-0.2, 0) is 0 Å². The van der Waals surface area contributed by atoms with Gasteiger partial charge in [-0.3, -0.25) is 0 Å². The number of hydrogen-bond acceptors (Lipinski definition) is 1. The number of phenolic OH excluding ortho intramolecular Hbond substituents is 1. The van der Waals surface area contributed by atoms with E-state index in [4.69, 9.17) is 0 Å². The smallest absolute Gasteiger partial charge is 0.134 e. The molecule has 25 heavy (non-hydrogen) atoms. The summed E-state index contributed by atoms with van der Waals surface area (Å²) in [4.78, 5) is 0. The third-order valence-corrected chi connectivity index (χ3v) is 4.85. The first-order chi connectivity index (χ1) is 12.2. The highest BCUT2D eigenvalue weighted by molar-refractivity contribution is 5.65. The molecule has 0 aliphatic heterocycles. The van der Waals surface area contributed by atoms with Crippen molar-refractivity contribution in [2.75, 3.05) is 0 Å². The largest absolute Gasteiger partial charge is 0.508 e. The van der Waals surface area contributed by atoms with Crippen LogP contribution in [0.2, 0.25) is 0 Å². The molecule has 0 radical (unpaired) electrons. The summed E-state index contributed by atoms with van der Waals surface area (Å²) in [5.41, 5.74) is 4.05. The molecule has 0 heterocycles. The van der Waals surface area contributed by atoms with Crippen LogP contribution in [0.15, 0.2) is 66.3 Å². The van der Waals surface area contributed by atoms with Gasteiger partial charge in [0.25, 0.3) is 0 Å². The predicted molar refractivity (Wildman–Crippen MR) is 102 cm³/mol. The molecule has 0 aromatic heterocycles. The second kappa shape index (κ2) is 8.15. The molecule has 0 saturated carbocycles. The van der Waals surface area contributed by atoms with Gasteiger partial charge in [0.05, 0.1) is 0 Å². The van der Waals surface area contributed by atoms with Crippen molar-refractivity contribution < 1.29 is 9.50 Å². The van der Waals surface area contributed by atoms with Crippen molar-refractivity contribution in [3.8, 4) is 16.9 Å². The number of halogens is 1. The van der Waals surface area contributed by atoms with Crippen LogP contribution in [0.3, 0.4) is 0 Å². The predicted octanol–water partition coefficient (Wildman–Crippen LogP) is 6.75. The van der Waals surface area contributed by atoms with Gasteiger partial charge >= 0.3 is 0 Å². The molecule has 1 aliphatic carbocycles. The number of unbranched alkanes of at least 4 members (excludes halogenated alkanes) is 2. The Morgan fingerprint density at radius 2 is 1.88 bits per heavy atom. The molecule has 1 atom stereocenters. The van der Waals surface area contributed by atoms with E-state index in [0.717, 1.165) is 18.1 Å². The normalized spacial score (nSPS) is 16.7. The molecule has 1 unspecified atom stereocenters. The lowest BCUT2D eigenvalue weighted by Crippen LogP contribution is -1.99. The highest BCUT2D eigenvalue weighted by Crippen LogP contribution is 2.31. The molecule has 2 aromatic rings. The van der Waals surface area contributed by atoms with Crippen molar-refractivity contribution in [3.05, 3.63) is 77.6 Å². The zero-order chi connectivity index (χ0) is 17.6. The van der Waals surface area contributed by atoms with Crippen LogP contribution in [0.5, 0.6) is 5.75 Å². The van der Waals surface area contributed by atoms with Gasteiger partial charge in [-0.25, -0.2) is 4.39 Å². The summed E-state index contributed by atoms with van der Waals surface area (Å²) in [6, 6.07) is 12.3. The van der Waals surface area contributed by atoms with Crippen molar-refractivity contribution in [3.63, 3.8) is 0 Å². The average molecular weight is 336 g/mol. The molecule has 2 heteroatoms. The first-order valence-corrected chi connectivity index (χ1v) is 9.13. The molecule has 0 fully saturated rings. The van der Waals surface area contributed by atoms with E-state index in [2.05, 4.69) is 37.3 Å². The summed E-state index contributed by atoms with van der Waals surface area (Å²) >= 11 is 0. The van der Waals surface area contributed by atoms with Crippen LogP contribution in [0.1, 0.15) is 50.5 Å². The van der Waals surface area contributed by atoms with Gasteiger partial charge in [0.2, 0.25) is 0 Å². The Morgan fingerprint density at radius 3 is 2.52 bits per heavy atom. The molecule has 130 valence electrons. The lowest BCUT2D eigenvalue weighted by Gasteiger charge is -2.17. The van der Waals surface area contributed by atoms with E-state index in [1.165, 1.54) is 42.9 Å². The topological polar surface area (TPSA) is 20.2 Å². The Bertz CT molecular complexity index is 771. The first-order valence-electron chi connectivity index (χ1n) is 9.13. The minimum absolute atomic E-state index is 0.0493. The minimum Gasteiger partial charge on any atom is -0.508 e. The molecular weight excluding hydrogens is 311 g/mol. The fourth-order valence-electron chi connectivity index (χ4n) is 3.32. The van der Waals surface area contributed by atoms with Gasteiger partial charge < -0.3 is 5.11 Å². The molecular formula is C23H25FO. The van der Waals surface area contributed by atoms with Crippen molar-refractivity contribution in [1.29, 1.82) is 0 Å². The summed E-state index contributed by atoms with van der Waals surface area (Å²) in [5, 5.41) is 9.34. The molecule has 0 saturated heterocycles. The minimum atomic E-state index is -0.398. The van der Waals surface area contributed by atoms with Crippen LogP contribution in [0.25, 0.3) is 11.1 Å². The summed E-state index contributed by atoms with van der Waals surface area (Å²) in [5.74, 6) is -0.0506. The van der Waals surface area contributed by atoms with Gasteiger partial charge in [0, 0.05) is 17.5 Å². The molecule has 1 nitrogen and oxygen atoms in total. The van der Waals surface area contributed by atoms with Crippen molar-refractivity contribution in [1.82, 2.24) is 0 Å². The van der Waals surface area contributed by atoms with Crippen LogP contribution >= 0.6 is 0 Å². The van der Waals surface area contributed by atoms with Crippen molar-refractivity contribution >= 4 is 0 Å². The Kier molecular flexibility index (Phi) is 5.70. The van der Waals surface area contributed by atoms with Crippen LogP contribution in [0, 0.1) is 5.82 Å². The second-order valence-electron chi connectivity index (χ2n) is 6.72. The standard InChI is InChI=1S/C23H25FO/c1-2-3-4-5-17-6-8-18(9-7-17)19-10-12-20(13-11-19)22-15-14-21(25)16-23(22)24/h6-8,10-16,18,25H,2-5,9H2,1H3. The first kappa shape index (κ1) is 17.5. The highest BCUT2D eigenvalue weighted by Gasteiger charge is 2.12. The number of hydrogen-bond donors (Lipinski definition) is 1. The molecule has 0 amide bonds. The van der Waals surface area contributed by atoms with Gasteiger partial charge in [-0.15, -0.1) is 0 Å². The molecule has 0 bridgehead atoms. The number of allylic oxidation sites excluding steroid dienone is 4. The zero-order valence-electron chi connectivity index (χ0n) is 14.7. The summed E-state index contributed by atoms with van der Waals surface area (Å²) in [6.07, 6.45) is 12.9. The van der Waals surface area contributed by atoms with Crippen LogP contribution in [-0.4, -0.2) is 5.11 Å². The van der Waals surface area contributed by atoms with E-state index >= 15 is 0 Å². The molecule has 1 aliphatic rings. The number of benzene rings is 2. The number of rotatable bonds is 6. The Hall–Kier alpha value is -2.35. The van der Waals surface area contributed by atoms with E-state index in [1.54, 1.807) is 6.07 Å². The van der Waals surface area contributed by atoms with E-state index in [1.807, 2.05) is 12.1 Å². The Morgan fingerprint density at radius 1 is 1.08 bits per heavy atom. The van der Waals surface area contributed by atoms with Crippen molar-refractivity contribution in [2.45, 2.75) is 44.9 Å². The third kappa shape index (κ3) is 4.39. The molecule has 2 aromatic carbocycles. The van der Waals surface area contributed by atoms with Crippen LogP contribution < -0.4 is 0 Å². The Labute approximate surface area is 149 Å². The highest BCUT2D eigenvalue weighted by atomic mass is 19.1. The second-order valence-corrected chi connectivity index (χ2v) is 6.72. The van der Waals surface area contributed by atoms with E-state index in [0.29, 0.717) is 11.5 Å². The summed E-state index contributed by atoms with van der Waals surface area (Å²) in [7, 11) is 0. The van der Waals surface area contributed by atoms with Gasteiger partial charge in [-0.2, -0.15) is 0 Å². The van der Waals surface area contributed by atoms with Gasteiger partial charge in [-0.05, 0) is 42.5 Å². The van der Waals surface area contributed by atoms with Gasteiger partial charge in [0.1, 0.15) is 11.6 Å². The monoisotopic (exact) mass is 336 g/mol. The summed E-state index contributed by atoms with van der Waals surface area (Å²) < 4.78 is 14.0. The number of phenols is 1. The van der Waals surface area contributed by atoms with E-state index < -0.39 is 5.82 Å². The van der Waals surface area contributed by atoms with E-state index in [-0.39, 0.29) is 5.75 Å². The lowest BCUT2D eigenvalue weighted by molar-refractivity contribution is 0.469. The number of aromatic hydroxyl groups is 1. The van der Waals surface area contributed by atoms with Gasteiger partial charge in [-0.1, -0.05) is 67.8 Å². The lowest BCUT2D eigenvalue weighted by atomic mass is 9.88. The maximum atomic E-state index is 14.0. The molecule has 1 N–H and O–H groups in total.